The van der Waals surface area contributed by atoms with Gasteiger partial charge in [0.15, 0.2) is 11.5 Å². The number of methoxy groups -OCH3 is 3. The molecule has 3 rings (SSSR count). The number of rotatable bonds is 9. The van der Waals surface area contributed by atoms with Gasteiger partial charge in [0.25, 0.3) is 0 Å². The summed E-state index contributed by atoms with van der Waals surface area (Å²) in [5.41, 5.74) is 2.18. The molecule has 0 aromatic heterocycles. The van der Waals surface area contributed by atoms with Crippen molar-refractivity contribution in [2.45, 2.75) is 57.7 Å². The molecular weight excluding hydrogens is 412 g/mol. The smallest absolute Gasteiger partial charge is 0.336 e. The Morgan fingerprint density at radius 3 is 2.59 bits per heavy atom. The molecule has 0 spiro atoms. The highest BCUT2D eigenvalue weighted by molar-refractivity contribution is 6.01. The first-order valence-electron chi connectivity index (χ1n) is 11.1. The number of amides is 2. The van der Waals surface area contributed by atoms with E-state index in [1.807, 2.05) is 36.9 Å². The van der Waals surface area contributed by atoms with Gasteiger partial charge in [-0.25, -0.2) is 9.59 Å². The van der Waals surface area contributed by atoms with Gasteiger partial charge in [0.2, 0.25) is 0 Å². The van der Waals surface area contributed by atoms with Crippen LogP contribution >= 0.6 is 0 Å². The lowest BCUT2D eigenvalue weighted by molar-refractivity contribution is -0.136. The number of urea groups is 1. The molecule has 0 aliphatic carbocycles. The number of ether oxygens (including phenoxy) is 4. The number of nitrogens with one attached hydrogen (secondary N) is 1. The van der Waals surface area contributed by atoms with E-state index in [2.05, 4.69) is 5.32 Å². The molecule has 1 aromatic rings. The predicted molar refractivity (Wildman–Crippen MR) is 121 cm³/mol. The van der Waals surface area contributed by atoms with Crippen LogP contribution in [-0.4, -0.2) is 69.6 Å². The van der Waals surface area contributed by atoms with Crippen molar-refractivity contribution in [3.8, 4) is 11.5 Å². The third-order valence-electron chi connectivity index (χ3n) is 6.02. The van der Waals surface area contributed by atoms with Crippen LogP contribution in [-0.2, 0) is 14.3 Å². The molecule has 2 amide bonds. The molecule has 176 valence electrons. The van der Waals surface area contributed by atoms with Gasteiger partial charge in [0.05, 0.1) is 39.0 Å². The summed E-state index contributed by atoms with van der Waals surface area (Å²) in [5.74, 6) is 0.755. The lowest BCUT2D eigenvalue weighted by Gasteiger charge is -2.37. The molecule has 0 unspecified atom stereocenters. The fourth-order valence-corrected chi connectivity index (χ4v) is 4.65. The number of hydrogen-bond donors (Lipinski definition) is 1. The first kappa shape index (κ1) is 23.9. The minimum Gasteiger partial charge on any atom is -0.493 e. The molecule has 1 fully saturated rings. The van der Waals surface area contributed by atoms with E-state index in [0.717, 1.165) is 30.4 Å². The van der Waals surface area contributed by atoms with Gasteiger partial charge in [-0.05, 0) is 51.2 Å². The van der Waals surface area contributed by atoms with Gasteiger partial charge >= 0.3 is 12.0 Å². The lowest BCUT2D eigenvalue weighted by Crippen LogP contribution is -2.51. The van der Waals surface area contributed by atoms with Crippen LogP contribution in [0.2, 0.25) is 0 Å². The van der Waals surface area contributed by atoms with E-state index in [4.69, 9.17) is 18.9 Å². The molecule has 2 aliphatic heterocycles. The Hall–Kier alpha value is -2.74. The molecule has 2 atom stereocenters. The molecule has 8 heteroatoms. The zero-order valence-corrected chi connectivity index (χ0v) is 19.6. The molecule has 1 saturated heterocycles. The number of fused-ring (bicyclic) bond motifs is 2. The minimum atomic E-state index is -0.418. The average Bonchev–Trinajstić information content (AvgIpc) is 3.10. The van der Waals surface area contributed by atoms with Crippen molar-refractivity contribution < 1.29 is 28.5 Å². The summed E-state index contributed by atoms with van der Waals surface area (Å²) < 4.78 is 21.7. The fraction of sp³-hybridized carbons (Fsp3) is 0.583. The van der Waals surface area contributed by atoms with Gasteiger partial charge in [0.1, 0.15) is 0 Å². The second-order valence-electron chi connectivity index (χ2n) is 8.29. The van der Waals surface area contributed by atoms with Crippen molar-refractivity contribution in [2.24, 2.45) is 0 Å². The van der Waals surface area contributed by atoms with Crippen LogP contribution in [0.25, 0.3) is 5.57 Å². The summed E-state index contributed by atoms with van der Waals surface area (Å²) in [4.78, 5) is 27.7. The summed E-state index contributed by atoms with van der Waals surface area (Å²) in [5, 5.41) is 2.99. The van der Waals surface area contributed by atoms with Crippen LogP contribution in [0.4, 0.5) is 4.79 Å². The maximum Gasteiger partial charge on any atom is 0.336 e. The number of benzene rings is 1. The summed E-state index contributed by atoms with van der Waals surface area (Å²) >= 11 is 0. The van der Waals surface area contributed by atoms with Gasteiger partial charge in [-0.2, -0.15) is 0 Å². The molecule has 0 saturated carbocycles. The van der Waals surface area contributed by atoms with Gasteiger partial charge < -0.3 is 29.2 Å². The summed E-state index contributed by atoms with van der Waals surface area (Å²) in [6, 6.07) is 5.13. The molecular formula is C24H34N2O6. The highest BCUT2D eigenvalue weighted by atomic mass is 16.5. The molecule has 2 aliphatic rings. The number of carbonyl (C=O) groups is 2. The van der Waals surface area contributed by atoms with Crippen LogP contribution < -0.4 is 14.8 Å². The normalized spacial score (nSPS) is 19.9. The quantitative estimate of drug-likeness (QED) is 0.462. The van der Waals surface area contributed by atoms with Crippen molar-refractivity contribution in [2.75, 3.05) is 34.5 Å². The Morgan fingerprint density at radius 2 is 1.94 bits per heavy atom. The van der Waals surface area contributed by atoms with Gasteiger partial charge in [-0.1, -0.05) is 12.1 Å². The van der Waals surface area contributed by atoms with Gasteiger partial charge in [-0.15, -0.1) is 0 Å². The van der Waals surface area contributed by atoms with Crippen LogP contribution in [0.15, 0.2) is 23.8 Å². The van der Waals surface area contributed by atoms with Crippen LogP contribution in [0.3, 0.4) is 0 Å². The molecule has 2 bridgehead atoms. The molecule has 2 heterocycles. The van der Waals surface area contributed by atoms with Crippen LogP contribution in [0, 0.1) is 0 Å². The Labute approximate surface area is 189 Å². The summed E-state index contributed by atoms with van der Waals surface area (Å²) in [6.45, 7) is 5.09. The van der Waals surface area contributed by atoms with E-state index in [1.54, 1.807) is 14.2 Å². The summed E-state index contributed by atoms with van der Waals surface area (Å²) in [7, 11) is 4.54. The second kappa shape index (κ2) is 10.7. The van der Waals surface area contributed by atoms with Crippen molar-refractivity contribution in [3.05, 3.63) is 29.3 Å². The first-order chi connectivity index (χ1) is 15.4. The van der Waals surface area contributed by atoms with E-state index in [0.29, 0.717) is 36.6 Å². The molecule has 1 N–H and O–H groups in total. The standard InChI is InChI=1S/C24H34N2O6/c1-15(2)32-13-7-12-25-24(28)26-16-10-11-19(26)21(23(27)31-5)18(14-16)17-8-6-9-20(29-3)22(17)30-4/h6,8-9,15-16,19H,7,10-14H2,1-5H3,(H,25,28)/t16-,19+/m0/s1. The lowest BCUT2D eigenvalue weighted by atomic mass is 9.88. The third-order valence-corrected chi connectivity index (χ3v) is 6.02. The Morgan fingerprint density at radius 1 is 1.16 bits per heavy atom. The van der Waals surface area contributed by atoms with E-state index in [1.165, 1.54) is 7.11 Å². The third kappa shape index (κ3) is 4.85. The number of para-hydroxylation sites is 1. The molecule has 8 nitrogen and oxygen atoms in total. The Kier molecular flexibility index (Phi) is 8.01. The number of esters is 1. The molecule has 1 aromatic carbocycles. The van der Waals surface area contributed by atoms with E-state index >= 15 is 0 Å². The topological polar surface area (TPSA) is 86.3 Å². The predicted octanol–water partition coefficient (Wildman–Crippen LogP) is 3.39. The first-order valence-corrected chi connectivity index (χ1v) is 11.1. The van der Waals surface area contributed by atoms with E-state index in [-0.39, 0.29) is 24.2 Å². The fourth-order valence-electron chi connectivity index (χ4n) is 4.65. The van der Waals surface area contributed by atoms with Crippen LogP contribution in [0.5, 0.6) is 11.5 Å². The van der Waals surface area contributed by atoms with E-state index in [9.17, 15) is 9.59 Å². The van der Waals surface area contributed by atoms with Crippen molar-refractivity contribution >= 4 is 17.6 Å². The highest BCUT2D eigenvalue weighted by Gasteiger charge is 2.47. The Bertz CT molecular complexity index is 866. The zero-order valence-electron chi connectivity index (χ0n) is 19.6. The van der Waals surface area contributed by atoms with Crippen molar-refractivity contribution in [1.29, 1.82) is 0 Å². The largest absolute Gasteiger partial charge is 0.493 e. The van der Waals surface area contributed by atoms with Crippen molar-refractivity contribution in [1.82, 2.24) is 10.2 Å². The van der Waals surface area contributed by atoms with Crippen molar-refractivity contribution in [3.63, 3.8) is 0 Å². The number of hydrogen-bond acceptors (Lipinski definition) is 6. The maximum absolute atomic E-state index is 13.0. The van der Waals surface area contributed by atoms with Gasteiger partial charge in [0, 0.05) is 24.8 Å². The average molecular weight is 447 g/mol. The molecule has 32 heavy (non-hydrogen) atoms. The number of carbonyl (C=O) groups excluding carboxylic acids is 2. The van der Waals surface area contributed by atoms with Crippen LogP contribution in [0.1, 0.15) is 45.1 Å². The SMILES string of the molecule is COC(=O)C1=C(c2cccc(OC)c2OC)C[C@@H]2CC[C@H]1N2C(=O)NCCCOC(C)C. The monoisotopic (exact) mass is 446 g/mol. The minimum absolute atomic E-state index is 0.00577. The Balaban J connectivity index is 1.88. The number of nitrogens with zero attached hydrogens (tertiary/aromatic N) is 1. The maximum atomic E-state index is 13.0. The van der Waals surface area contributed by atoms with Gasteiger partial charge in [-0.3, -0.25) is 0 Å². The summed E-state index contributed by atoms with van der Waals surface area (Å²) in [6.07, 6.45) is 3.00. The molecule has 0 radical (unpaired) electrons. The van der Waals surface area contributed by atoms with E-state index < -0.39 is 5.97 Å². The zero-order chi connectivity index (χ0) is 23.3. The second-order valence-corrected chi connectivity index (χ2v) is 8.29. The highest BCUT2D eigenvalue weighted by Crippen LogP contribution is 2.47.